The molecular weight excluding hydrogens is 280 g/mol. The lowest BCUT2D eigenvalue weighted by Gasteiger charge is -2.39. The monoisotopic (exact) mass is 296 g/mol. The molecule has 0 spiro atoms. The fraction of sp³-hybridized carbons (Fsp3) is 0.667. The maximum atomic E-state index is 5.70. The maximum Gasteiger partial charge on any atom is 0.222 e. The van der Waals surface area contributed by atoms with E-state index in [2.05, 4.69) is 30.8 Å². The van der Waals surface area contributed by atoms with Gasteiger partial charge in [-0.3, -0.25) is 0 Å². The third kappa shape index (κ3) is 2.01. The van der Waals surface area contributed by atoms with Crippen LogP contribution in [-0.2, 0) is 0 Å². The second-order valence-corrected chi connectivity index (χ2v) is 5.85. The van der Waals surface area contributed by atoms with Gasteiger partial charge >= 0.3 is 0 Å². The van der Waals surface area contributed by atoms with Gasteiger partial charge in [0.2, 0.25) is 5.95 Å². The molecule has 0 aromatic carbocycles. The molecule has 1 aromatic heterocycles. The first-order chi connectivity index (χ1) is 8.25. The van der Waals surface area contributed by atoms with Crippen molar-refractivity contribution in [2.75, 3.05) is 17.2 Å². The van der Waals surface area contributed by atoms with Crippen molar-refractivity contribution in [3.8, 4) is 0 Å². The van der Waals surface area contributed by atoms with Gasteiger partial charge in [-0.25, -0.2) is 4.98 Å². The first-order valence-corrected chi connectivity index (χ1v) is 7.09. The number of nitrogens with zero attached hydrogens (tertiary/aromatic N) is 3. The number of rotatable bonds is 1. The zero-order valence-corrected chi connectivity index (χ0v) is 11.4. The van der Waals surface area contributed by atoms with Gasteiger partial charge in [-0.1, -0.05) is 6.42 Å². The SMILES string of the molecule is Nc1ncc(Br)c(N2CCCC3CCCC32)n1. The van der Waals surface area contributed by atoms with Gasteiger partial charge in [-0.05, 0) is 47.5 Å². The van der Waals surface area contributed by atoms with Crippen LogP contribution in [-0.4, -0.2) is 22.6 Å². The smallest absolute Gasteiger partial charge is 0.222 e. The normalized spacial score (nSPS) is 28.2. The van der Waals surface area contributed by atoms with Crippen LogP contribution in [0.2, 0.25) is 0 Å². The molecule has 92 valence electrons. The number of aromatic nitrogens is 2. The molecule has 2 aliphatic rings. The van der Waals surface area contributed by atoms with Crippen LogP contribution < -0.4 is 10.6 Å². The molecule has 2 atom stereocenters. The Morgan fingerprint density at radius 3 is 3.00 bits per heavy atom. The summed E-state index contributed by atoms with van der Waals surface area (Å²) in [6.07, 6.45) is 8.41. The van der Waals surface area contributed by atoms with Crippen molar-refractivity contribution in [1.29, 1.82) is 0 Å². The highest BCUT2D eigenvalue weighted by molar-refractivity contribution is 9.10. The molecule has 0 amide bonds. The Morgan fingerprint density at radius 1 is 1.29 bits per heavy atom. The Labute approximate surface area is 110 Å². The molecule has 4 nitrogen and oxygen atoms in total. The van der Waals surface area contributed by atoms with Crippen LogP contribution in [0.5, 0.6) is 0 Å². The zero-order valence-electron chi connectivity index (χ0n) is 9.77. The number of nitrogen functional groups attached to an aromatic ring is 1. The first kappa shape index (κ1) is 11.3. The molecule has 3 rings (SSSR count). The second kappa shape index (κ2) is 4.44. The van der Waals surface area contributed by atoms with E-state index in [0.29, 0.717) is 12.0 Å². The summed E-state index contributed by atoms with van der Waals surface area (Å²) < 4.78 is 0.958. The minimum absolute atomic E-state index is 0.364. The molecule has 1 aliphatic heterocycles. The summed E-state index contributed by atoms with van der Waals surface area (Å²) >= 11 is 3.54. The molecule has 1 saturated heterocycles. The first-order valence-electron chi connectivity index (χ1n) is 6.30. The molecule has 1 aliphatic carbocycles. The van der Waals surface area contributed by atoms with Crippen LogP contribution in [0.1, 0.15) is 32.1 Å². The van der Waals surface area contributed by atoms with E-state index >= 15 is 0 Å². The number of hydrogen-bond donors (Lipinski definition) is 1. The highest BCUT2D eigenvalue weighted by atomic mass is 79.9. The van der Waals surface area contributed by atoms with Gasteiger partial charge in [-0.2, -0.15) is 4.98 Å². The summed E-state index contributed by atoms with van der Waals surface area (Å²) in [5.74, 6) is 2.20. The summed E-state index contributed by atoms with van der Waals surface area (Å²) in [5, 5.41) is 0. The van der Waals surface area contributed by atoms with Crippen LogP contribution in [0.3, 0.4) is 0 Å². The van der Waals surface area contributed by atoms with Crippen LogP contribution in [0.25, 0.3) is 0 Å². The van der Waals surface area contributed by atoms with Gasteiger partial charge in [0, 0.05) is 18.8 Å². The van der Waals surface area contributed by atoms with Crippen LogP contribution >= 0.6 is 15.9 Å². The molecule has 2 heterocycles. The lowest BCUT2D eigenvalue weighted by Crippen LogP contribution is -2.43. The van der Waals surface area contributed by atoms with Crippen LogP contribution in [0.15, 0.2) is 10.7 Å². The van der Waals surface area contributed by atoms with Crippen molar-refractivity contribution < 1.29 is 0 Å². The summed E-state index contributed by atoms with van der Waals surface area (Å²) in [6, 6.07) is 0.661. The summed E-state index contributed by atoms with van der Waals surface area (Å²) in [6.45, 7) is 1.09. The molecule has 1 saturated carbocycles. The van der Waals surface area contributed by atoms with E-state index in [1.807, 2.05) is 0 Å². The molecule has 5 heteroatoms. The van der Waals surface area contributed by atoms with E-state index in [1.165, 1.54) is 32.1 Å². The quantitative estimate of drug-likeness (QED) is 0.865. The topological polar surface area (TPSA) is 55.0 Å². The molecule has 1 aromatic rings. The van der Waals surface area contributed by atoms with Crippen molar-refractivity contribution >= 4 is 27.7 Å². The van der Waals surface area contributed by atoms with E-state index in [1.54, 1.807) is 6.20 Å². The Bertz CT molecular complexity index is 423. The van der Waals surface area contributed by atoms with Crippen molar-refractivity contribution in [3.63, 3.8) is 0 Å². The lowest BCUT2D eigenvalue weighted by atomic mass is 9.92. The van der Waals surface area contributed by atoms with Crippen LogP contribution in [0.4, 0.5) is 11.8 Å². The number of nitrogens with two attached hydrogens (primary N) is 1. The Balaban J connectivity index is 1.94. The average Bonchev–Trinajstić information content (AvgIpc) is 2.80. The van der Waals surface area contributed by atoms with Gasteiger partial charge in [0.15, 0.2) is 0 Å². The number of anilines is 2. The minimum Gasteiger partial charge on any atom is -0.368 e. The van der Waals surface area contributed by atoms with E-state index in [4.69, 9.17) is 5.73 Å². The predicted octanol–water partition coefficient (Wildman–Crippen LogP) is 2.59. The fourth-order valence-electron chi connectivity index (χ4n) is 3.29. The highest BCUT2D eigenvalue weighted by Gasteiger charge is 2.36. The number of piperidine rings is 1. The van der Waals surface area contributed by atoms with Crippen molar-refractivity contribution in [2.24, 2.45) is 5.92 Å². The Hall–Kier alpha value is -0.840. The Morgan fingerprint density at radius 2 is 2.12 bits per heavy atom. The van der Waals surface area contributed by atoms with Crippen LogP contribution in [0, 0.1) is 5.92 Å². The third-order valence-electron chi connectivity index (χ3n) is 4.01. The van der Waals surface area contributed by atoms with E-state index in [-0.39, 0.29) is 0 Å². The molecule has 17 heavy (non-hydrogen) atoms. The molecule has 2 unspecified atom stereocenters. The Kier molecular flexibility index (Phi) is 2.94. The standard InChI is InChI=1S/C12H17BrN4/c13-9-7-15-12(14)16-11(9)17-6-2-4-8-3-1-5-10(8)17/h7-8,10H,1-6H2,(H2,14,15,16). The minimum atomic E-state index is 0.364. The number of fused-ring (bicyclic) bond motifs is 1. The second-order valence-electron chi connectivity index (χ2n) is 4.99. The molecule has 2 fully saturated rings. The lowest BCUT2D eigenvalue weighted by molar-refractivity contribution is 0.360. The highest BCUT2D eigenvalue weighted by Crippen LogP contribution is 2.40. The largest absolute Gasteiger partial charge is 0.368 e. The molecule has 0 radical (unpaired) electrons. The van der Waals surface area contributed by atoms with Gasteiger partial charge in [0.05, 0.1) is 4.47 Å². The van der Waals surface area contributed by atoms with Crippen molar-refractivity contribution in [1.82, 2.24) is 9.97 Å². The van der Waals surface area contributed by atoms with Gasteiger partial charge in [0.25, 0.3) is 0 Å². The number of hydrogen-bond acceptors (Lipinski definition) is 4. The third-order valence-corrected chi connectivity index (χ3v) is 4.57. The summed E-state index contributed by atoms with van der Waals surface area (Å²) in [7, 11) is 0. The van der Waals surface area contributed by atoms with E-state index in [0.717, 1.165) is 22.8 Å². The van der Waals surface area contributed by atoms with Crippen molar-refractivity contribution in [2.45, 2.75) is 38.1 Å². The van der Waals surface area contributed by atoms with Gasteiger partial charge in [0.1, 0.15) is 5.82 Å². The van der Waals surface area contributed by atoms with E-state index in [9.17, 15) is 0 Å². The van der Waals surface area contributed by atoms with Gasteiger partial charge < -0.3 is 10.6 Å². The number of halogens is 1. The van der Waals surface area contributed by atoms with E-state index < -0.39 is 0 Å². The van der Waals surface area contributed by atoms with Gasteiger partial charge in [-0.15, -0.1) is 0 Å². The summed E-state index contributed by atoms with van der Waals surface area (Å²) in [5.41, 5.74) is 5.70. The average molecular weight is 297 g/mol. The molecule has 2 N–H and O–H groups in total. The van der Waals surface area contributed by atoms with Crippen molar-refractivity contribution in [3.05, 3.63) is 10.7 Å². The molecule has 0 bridgehead atoms. The maximum absolute atomic E-state index is 5.70. The summed E-state index contributed by atoms with van der Waals surface area (Å²) in [4.78, 5) is 10.8. The predicted molar refractivity (Wildman–Crippen MR) is 71.9 cm³/mol. The fourth-order valence-corrected chi connectivity index (χ4v) is 3.71. The molecular formula is C12H17BrN4. The zero-order chi connectivity index (χ0) is 11.8.